The van der Waals surface area contributed by atoms with Crippen molar-refractivity contribution >= 4 is 162 Å². The Morgan fingerprint density at radius 2 is 0.524 bits per heavy atom. The molecule has 0 radical (unpaired) electrons. The van der Waals surface area contributed by atoms with Gasteiger partial charge in [-0.15, -0.1) is 22.7 Å². The first-order valence-electron chi connectivity index (χ1n) is 42.6. The molecule has 0 aliphatic heterocycles. The maximum Gasteiger partial charge on any atom is 0.0625 e. The number of fused-ring (bicyclic) bond motifs is 14. The highest BCUT2D eigenvalue weighted by atomic mass is 32.1. The Labute approximate surface area is 727 Å². The van der Waals surface area contributed by atoms with Crippen molar-refractivity contribution in [3.05, 3.63) is 461 Å². The van der Waals surface area contributed by atoms with Crippen LogP contribution in [0, 0.1) is 0 Å². The predicted octanol–water partition coefficient (Wildman–Crippen LogP) is 35.3. The van der Waals surface area contributed by atoms with Crippen molar-refractivity contribution in [3.63, 3.8) is 0 Å². The highest BCUT2D eigenvalue weighted by Gasteiger charge is 2.30. The van der Waals surface area contributed by atoms with Gasteiger partial charge in [0.05, 0.1) is 17.1 Å². The van der Waals surface area contributed by atoms with E-state index in [9.17, 15) is 0 Å². The van der Waals surface area contributed by atoms with Gasteiger partial charge in [-0.25, -0.2) is 0 Å². The van der Waals surface area contributed by atoms with Crippen LogP contribution in [0.15, 0.2) is 461 Å². The summed E-state index contributed by atoms with van der Waals surface area (Å²) in [7, 11) is 0. The number of thiophene rings is 2. The van der Waals surface area contributed by atoms with Gasteiger partial charge >= 0.3 is 0 Å². The zero-order chi connectivity index (χ0) is 81.7. The smallest absolute Gasteiger partial charge is 0.0625 e. The number of hydrogen-bond acceptors (Lipinski definition) is 4. The Bertz CT molecular complexity index is 8350. The molecule has 24 rings (SSSR count). The molecule has 0 atom stereocenters. The van der Waals surface area contributed by atoms with E-state index in [1.807, 2.05) is 22.7 Å². The minimum Gasteiger partial charge on any atom is -0.309 e. The van der Waals surface area contributed by atoms with Gasteiger partial charge in [0.1, 0.15) is 0 Å². The number of anilines is 6. The molecule has 0 unspecified atom stereocenters. The van der Waals surface area contributed by atoms with E-state index >= 15 is 0 Å². The second-order valence-corrected chi connectivity index (χ2v) is 34.5. The molecule has 0 saturated heterocycles. The first kappa shape index (κ1) is 72.5. The number of rotatable bonds is 15. The summed E-state index contributed by atoms with van der Waals surface area (Å²) in [5.74, 6) is 0. The number of benzene rings is 22. The molecule has 0 amide bonds. The SMILES string of the molecule is c1ccc(-c2ccc(N(c3ccccc3-c3cccc4c3sc3ccccc34)c3c(-c4cccc5cc(-c6ccc(-c7ccc(N(c8ccc(-c9cccc%10c9sc9ccccc9%10)cc8)c8c(-c9ccc%10ccccc%10c9)c9ccccc9c9ccccc89)cc7)c(-c7ccccc7)c6)ccc45)c4ccccc4c4ccccc34)cc2-c2ccccc2)cc1. The average Bonchev–Trinajstić information content (AvgIpc) is 1.00. The van der Waals surface area contributed by atoms with Crippen LogP contribution in [0.4, 0.5) is 34.1 Å². The molecule has 0 spiro atoms. The summed E-state index contributed by atoms with van der Waals surface area (Å²) in [6.45, 7) is 0. The minimum atomic E-state index is 1.05. The Morgan fingerprint density at radius 3 is 1.14 bits per heavy atom. The van der Waals surface area contributed by atoms with E-state index < -0.39 is 0 Å². The van der Waals surface area contributed by atoms with E-state index in [1.54, 1.807) is 0 Å². The Morgan fingerprint density at radius 1 is 0.153 bits per heavy atom. The van der Waals surface area contributed by atoms with Crippen LogP contribution in [0.25, 0.3) is 205 Å². The van der Waals surface area contributed by atoms with Crippen molar-refractivity contribution in [2.24, 2.45) is 0 Å². The molecule has 4 heteroatoms. The zero-order valence-corrected chi connectivity index (χ0v) is 69.2. The first-order valence-corrected chi connectivity index (χ1v) is 44.2. The van der Waals surface area contributed by atoms with Crippen molar-refractivity contribution in [3.8, 4) is 100 Å². The molecule has 2 heterocycles. The Hall–Kier alpha value is -15.6. The summed E-state index contributed by atoms with van der Waals surface area (Å²) in [5, 5.41) is 19.4. The third-order valence-corrected chi connectivity index (χ3v) is 27.9. The van der Waals surface area contributed by atoms with E-state index in [1.165, 1.54) is 122 Å². The van der Waals surface area contributed by atoms with Gasteiger partial charge in [-0.3, -0.25) is 0 Å². The van der Waals surface area contributed by atoms with Crippen LogP contribution in [0.2, 0.25) is 0 Å². The summed E-state index contributed by atoms with van der Waals surface area (Å²) >= 11 is 3.76. The van der Waals surface area contributed by atoms with Crippen LogP contribution in [-0.2, 0) is 0 Å². The number of hydrogen-bond donors (Lipinski definition) is 0. The normalized spacial score (nSPS) is 11.7. The fourth-order valence-electron chi connectivity index (χ4n) is 19.7. The van der Waals surface area contributed by atoms with Crippen LogP contribution in [0.5, 0.6) is 0 Å². The molecule has 24 aromatic rings. The highest BCUT2D eigenvalue weighted by Crippen LogP contribution is 2.57. The van der Waals surface area contributed by atoms with Crippen molar-refractivity contribution in [1.29, 1.82) is 0 Å². The lowest BCUT2D eigenvalue weighted by Gasteiger charge is -2.33. The zero-order valence-electron chi connectivity index (χ0n) is 67.6. The molecule has 0 saturated carbocycles. The fraction of sp³-hybridized carbons (Fsp3) is 0. The van der Waals surface area contributed by atoms with Crippen molar-refractivity contribution in [1.82, 2.24) is 0 Å². The van der Waals surface area contributed by atoms with E-state index in [2.05, 4.69) is 471 Å². The van der Waals surface area contributed by atoms with E-state index in [0.29, 0.717) is 0 Å². The molecule has 0 aliphatic carbocycles. The molecule has 0 fully saturated rings. The second-order valence-electron chi connectivity index (χ2n) is 32.4. The summed E-state index contributed by atoms with van der Waals surface area (Å²) < 4.78 is 5.15. The molecule has 578 valence electrons. The quantitative estimate of drug-likeness (QED) is 0.0944. The Kier molecular flexibility index (Phi) is 17.7. The van der Waals surface area contributed by atoms with Gasteiger partial charge in [-0.2, -0.15) is 0 Å². The van der Waals surface area contributed by atoms with Gasteiger partial charge in [0, 0.05) is 90.4 Å². The third-order valence-electron chi connectivity index (χ3n) is 25.4. The van der Waals surface area contributed by atoms with Crippen LogP contribution >= 0.6 is 22.7 Å². The van der Waals surface area contributed by atoms with E-state index in [0.717, 1.165) is 117 Å². The van der Waals surface area contributed by atoms with Gasteiger partial charge in [0.15, 0.2) is 0 Å². The van der Waals surface area contributed by atoms with Gasteiger partial charge in [-0.05, 0) is 205 Å². The first-order chi connectivity index (χ1) is 61.5. The van der Waals surface area contributed by atoms with Crippen LogP contribution in [0.1, 0.15) is 0 Å². The van der Waals surface area contributed by atoms with Crippen molar-refractivity contribution in [2.45, 2.75) is 0 Å². The third kappa shape index (κ3) is 12.3. The van der Waals surface area contributed by atoms with E-state index in [4.69, 9.17) is 0 Å². The predicted molar refractivity (Wildman–Crippen MR) is 536 cm³/mol. The summed E-state index contributed by atoms with van der Waals surface area (Å²) in [4.78, 5) is 5.14. The largest absolute Gasteiger partial charge is 0.309 e. The summed E-state index contributed by atoms with van der Waals surface area (Å²) in [5.41, 5.74) is 27.4. The van der Waals surface area contributed by atoms with Gasteiger partial charge in [0.25, 0.3) is 0 Å². The fourth-order valence-corrected chi connectivity index (χ4v) is 22.2. The molecule has 22 aromatic carbocycles. The summed E-state index contributed by atoms with van der Waals surface area (Å²) in [6.07, 6.45) is 0. The highest BCUT2D eigenvalue weighted by molar-refractivity contribution is 7.26. The standard InChI is InChI=1S/C120H76N2S2/c1-4-30-78(31-5-1)92-72-69-90(76-111(92)80-34-8-3-9-35-80)122(112-54-23-20-42-99(112)107-51-28-53-109-101-44-22-25-56-114(101)124-120(107)109)118-106-48-19-15-41-98(106)96-39-13-17-46-104(96)116(118)102-50-26-37-86-73-84(63-71-93(86)102)85-64-70-91(110(75-85)79-32-6-2-7-33-79)81-59-65-88(66-60-81)121(89-67-61-82(62-68-89)94-49-27-52-108-100-43-21-24-55-113(100)123-119(94)108)117-105-47-18-14-40-97(105)95-38-12-16-45-103(95)115(117)87-58-57-77-29-10-11-36-83(77)74-87/h1-76H. The number of para-hydroxylation sites is 1. The number of nitrogens with zero attached hydrogens (tertiary/aromatic N) is 2. The molecular weight excluding hydrogens is 1530 g/mol. The minimum absolute atomic E-state index is 1.05. The molecular formula is C120H76N2S2. The average molecular weight is 1610 g/mol. The second kappa shape index (κ2) is 30.3. The molecule has 124 heavy (non-hydrogen) atoms. The Balaban J connectivity index is 0.667. The van der Waals surface area contributed by atoms with Gasteiger partial charge in [0.2, 0.25) is 0 Å². The lowest BCUT2D eigenvalue weighted by molar-refractivity contribution is 1.30. The van der Waals surface area contributed by atoms with E-state index in [-0.39, 0.29) is 0 Å². The van der Waals surface area contributed by atoms with Gasteiger partial charge < -0.3 is 9.80 Å². The molecule has 2 nitrogen and oxygen atoms in total. The van der Waals surface area contributed by atoms with Crippen LogP contribution in [0.3, 0.4) is 0 Å². The molecule has 2 aromatic heterocycles. The summed E-state index contributed by atoms with van der Waals surface area (Å²) in [6, 6.07) is 172. The monoisotopic (exact) mass is 1610 g/mol. The van der Waals surface area contributed by atoms with Crippen molar-refractivity contribution < 1.29 is 0 Å². The van der Waals surface area contributed by atoms with Crippen LogP contribution in [-0.4, -0.2) is 0 Å². The topological polar surface area (TPSA) is 6.48 Å². The van der Waals surface area contributed by atoms with Crippen LogP contribution < -0.4 is 9.80 Å². The van der Waals surface area contributed by atoms with Crippen molar-refractivity contribution in [2.75, 3.05) is 9.80 Å². The van der Waals surface area contributed by atoms with Gasteiger partial charge in [-0.1, -0.05) is 388 Å². The molecule has 0 aliphatic rings. The molecule has 0 bridgehead atoms. The lowest BCUT2D eigenvalue weighted by Crippen LogP contribution is -2.14. The maximum atomic E-state index is 2.61. The molecule has 0 N–H and O–H groups in total. The maximum absolute atomic E-state index is 2.61. The lowest BCUT2D eigenvalue weighted by atomic mass is 9.86.